The van der Waals surface area contributed by atoms with Gasteiger partial charge in [-0.15, -0.1) is 0 Å². The molecule has 168 valence electrons. The van der Waals surface area contributed by atoms with Crippen LogP contribution in [0, 0.1) is 0 Å². The van der Waals surface area contributed by atoms with Crippen molar-refractivity contribution < 1.29 is 23.4 Å². The van der Waals surface area contributed by atoms with E-state index in [0.717, 1.165) is 45.0 Å². The fourth-order valence-electron chi connectivity index (χ4n) is 2.95. The van der Waals surface area contributed by atoms with E-state index in [4.69, 9.17) is 30.8 Å². The molecule has 1 aromatic carbocycles. The molecule has 0 bridgehead atoms. The van der Waals surface area contributed by atoms with Gasteiger partial charge in [-0.3, -0.25) is 20.5 Å². The van der Waals surface area contributed by atoms with Crippen molar-refractivity contribution in [1.82, 2.24) is 21.1 Å². The number of nitrogens with zero attached hydrogens (tertiary/aromatic N) is 1. The van der Waals surface area contributed by atoms with E-state index < -0.39 is 5.91 Å². The summed E-state index contributed by atoms with van der Waals surface area (Å²) >= 11 is 5.18. The fourth-order valence-corrected chi connectivity index (χ4v) is 3.11. The van der Waals surface area contributed by atoms with Crippen molar-refractivity contribution in [1.29, 1.82) is 0 Å². The highest BCUT2D eigenvalue weighted by Crippen LogP contribution is 2.18. The molecule has 0 aliphatic carbocycles. The summed E-state index contributed by atoms with van der Waals surface area (Å²) in [6.07, 6.45) is 0.950. The molecule has 0 atom stereocenters. The average molecular weight is 449 g/mol. The third-order valence-electron chi connectivity index (χ3n) is 4.66. The number of morpholine rings is 1. The van der Waals surface area contributed by atoms with Crippen molar-refractivity contribution in [2.45, 2.75) is 13.0 Å². The van der Waals surface area contributed by atoms with E-state index in [1.54, 1.807) is 31.4 Å². The number of hydrogen-bond donors (Lipinski definition) is 3. The number of amides is 1. The molecule has 31 heavy (non-hydrogen) atoms. The summed E-state index contributed by atoms with van der Waals surface area (Å²) < 4.78 is 21.6. The Morgan fingerprint density at radius 2 is 1.84 bits per heavy atom. The number of carbonyl (C=O) groups excluding carboxylic acids is 1. The molecule has 1 amide bonds. The molecule has 2 aromatic rings. The van der Waals surface area contributed by atoms with Crippen LogP contribution in [-0.4, -0.2) is 62.4 Å². The summed E-state index contributed by atoms with van der Waals surface area (Å²) in [5.74, 6) is 1.70. The molecular weight excluding hydrogens is 420 g/mol. The Morgan fingerprint density at radius 3 is 2.58 bits per heavy atom. The number of hydrazine groups is 1. The normalized spacial score (nSPS) is 14.0. The smallest absolute Gasteiger partial charge is 0.305 e. The van der Waals surface area contributed by atoms with E-state index >= 15 is 0 Å². The minimum Gasteiger partial charge on any atom is -0.497 e. The Balaban J connectivity index is 1.31. The van der Waals surface area contributed by atoms with Crippen LogP contribution in [0.3, 0.4) is 0 Å². The van der Waals surface area contributed by atoms with Gasteiger partial charge in [0.15, 0.2) is 10.9 Å². The number of rotatable bonds is 9. The Bertz CT molecular complexity index is 837. The van der Waals surface area contributed by atoms with Crippen LogP contribution in [0.2, 0.25) is 0 Å². The summed E-state index contributed by atoms with van der Waals surface area (Å²) in [6.45, 7) is 5.43. The summed E-state index contributed by atoms with van der Waals surface area (Å²) in [7, 11) is 1.61. The molecule has 0 spiro atoms. The molecule has 3 N–H and O–H groups in total. The standard InChI is InChI=1S/C21H28N4O5S/c1-27-16-3-5-17(6-4-16)29-15-18-7-8-19(30-18)20(26)23-24-21(31)22-9-2-10-25-11-13-28-14-12-25/h3-8H,2,9-15H2,1H3,(H,23,26)(H2,22,24,31). The molecule has 2 heterocycles. The third-order valence-corrected chi connectivity index (χ3v) is 4.90. The Labute approximate surface area is 187 Å². The molecular formula is C21H28N4O5S. The van der Waals surface area contributed by atoms with Crippen LogP contribution >= 0.6 is 12.2 Å². The first-order valence-corrected chi connectivity index (χ1v) is 10.5. The lowest BCUT2D eigenvalue weighted by molar-refractivity contribution is 0.0376. The lowest BCUT2D eigenvalue weighted by Gasteiger charge is -2.26. The number of methoxy groups -OCH3 is 1. The van der Waals surface area contributed by atoms with Crippen molar-refractivity contribution in [2.24, 2.45) is 0 Å². The van der Waals surface area contributed by atoms with Crippen molar-refractivity contribution in [2.75, 3.05) is 46.5 Å². The zero-order chi connectivity index (χ0) is 21.9. The van der Waals surface area contributed by atoms with Gasteiger partial charge in [-0.05, 0) is 61.6 Å². The molecule has 0 unspecified atom stereocenters. The highest BCUT2D eigenvalue weighted by molar-refractivity contribution is 7.80. The van der Waals surface area contributed by atoms with Gasteiger partial charge in [0.1, 0.15) is 23.9 Å². The SMILES string of the molecule is COc1ccc(OCc2ccc(C(=O)NNC(=S)NCCCN3CCOCC3)o2)cc1. The van der Waals surface area contributed by atoms with E-state index in [1.165, 1.54) is 0 Å². The average Bonchev–Trinajstić information content (AvgIpc) is 3.29. The summed E-state index contributed by atoms with van der Waals surface area (Å²) in [5.41, 5.74) is 5.20. The van der Waals surface area contributed by atoms with Crippen LogP contribution in [0.25, 0.3) is 0 Å². The van der Waals surface area contributed by atoms with E-state index in [0.29, 0.717) is 23.2 Å². The lowest BCUT2D eigenvalue weighted by atomic mass is 10.3. The Kier molecular flexibility index (Phi) is 8.95. The van der Waals surface area contributed by atoms with Gasteiger partial charge in [0.05, 0.1) is 20.3 Å². The second-order valence-corrected chi connectivity index (χ2v) is 7.28. The predicted octanol–water partition coefficient (Wildman–Crippen LogP) is 1.70. The molecule has 1 saturated heterocycles. The van der Waals surface area contributed by atoms with Crippen LogP contribution in [0.5, 0.6) is 11.5 Å². The first-order chi connectivity index (χ1) is 15.1. The number of furan rings is 1. The van der Waals surface area contributed by atoms with E-state index in [1.807, 2.05) is 12.1 Å². The number of ether oxygens (including phenoxy) is 3. The summed E-state index contributed by atoms with van der Waals surface area (Å²) in [6, 6.07) is 10.5. The molecule has 0 radical (unpaired) electrons. The minimum atomic E-state index is -0.423. The Hall–Kier alpha value is -2.82. The molecule has 0 saturated carbocycles. The van der Waals surface area contributed by atoms with Gasteiger partial charge in [-0.25, -0.2) is 0 Å². The Morgan fingerprint density at radius 1 is 1.10 bits per heavy atom. The summed E-state index contributed by atoms with van der Waals surface area (Å²) in [5, 5.41) is 3.42. The van der Waals surface area contributed by atoms with E-state index in [-0.39, 0.29) is 12.4 Å². The predicted molar refractivity (Wildman–Crippen MR) is 119 cm³/mol. The highest BCUT2D eigenvalue weighted by atomic mass is 32.1. The van der Waals surface area contributed by atoms with Gasteiger partial charge in [0, 0.05) is 19.6 Å². The maximum absolute atomic E-state index is 12.2. The van der Waals surface area contributed by atoms with Crippen molar-refractivity contribution >= 4 is 23.2 Å². The fraction of sp³-hybridized carbons (Fsp3) is 0.429. The number of carbonyl (C=O) groups is 1. The van der Waals surface area contributed by atoms with Gasteiger partial charge in [-0.1, -0.05) is 0 Å². The van der Waals surface area contributed by atoms with E-state index in [9.17, 15) is 4.79 Å². The first-order valence-electron chi connectivity index (χ1n) is 10.1. The first kappa shape index (κ1) is 22.9. The largest absolute Gasteiger partial charge is 0.497 e. The number of hydrogen-bond acceptors (Lipinski definition) is 7. The molecule has 1 aliphatic rings. The van der Waals surface area contributed by atoms with Gasteiger partial charge >= 0.3 is 5.91 Å². The zero-order valence-electron chi connectivity index (χ0n) is 17.5. The van der Waals surface area contributed by atoms with E-state index in [2.05, 4.69) is 21.1 Å². The minimum absolute atomic E-state index is 0.163. The molecule has 9 nitrogen and oxygen atoms in total. The molecule has 10 heteroatoms. The van der Waals surface area contributed by atoms with Gasteiger partial charge in [-0.2, -0.15) is 0 Å². The van der Waals surface area contributed by atoms with Crippen molar-refractivity contribution in [3.8, 4) is 11.5 Å². The topological polar surface area (TPSA) is 97.2 Å². The maximum atomic E-state index is 12.2. The number of thiocarbonyl (C=S) groups is 1. The monoisotopic (exact) mass is 448 g/mol. The number of benzene rings is 1. The molecule has 3 rings (SSSR count). The third kappa shape index (κ3) is 7.74. The van der Waals surface area contributed by atoms with Crippen LogP contribution in [0.4, 0.5) is 0 Å². The van der Waals surface area contributed by atoms with Crippen LogP contribution in [-0.2, 0) is 11.3 Å². The van der Waals surface area contributed by atoms with Gasteiger partial charge in [0.25, 0.3) is 0 Å². The molecule has 1 aromatic heterocycles. The second kappa shape index (κ2) is 12.1. The van der Waals surface area contributed by atoms with Crippen LogP contribution in [0.1, 0.15) is 22.7 Å². The highest BCUT2D eigenvalue weighted by Gasteiger charge is 2.12. The second-order valence-electron chi connectivity index (χ2n) is 6.87. The lowest BCUT2D eigenvalue weighted by Crippen LogP contribution is -2.47. The van der Waals surface area contributed by atoms with Gasteiger partial charge in [0.2, 0.25) is 0 Å². The maximum Gasteiger partial charge on any atom is 0.305 e. The summed E-state index contributed by atoms with van der Waals surface area (Å²) in [4.78, 5) is 14.6. The van der Waals surface area contributed by atoms with Crippen molar-refractivity contribution in [3.63, 3.8) is 0 Å². The van der Waals surface area contributed by atoms with Crippen LogP contribution < -0.4 is 25.6 Å². The molecule has 1 aliphatic heterocycles. The van der Waals surface area contributed by atoms with Crippen molar-refractivity contribution in [3.05, 3.63) is 47.9 Å². The quantitative estimate of drug-likeness (QED) is 0.301. The van der Waals surface area contributed by atoms with Crippen LogP contribution in [0.15, 0.2) is 40.8 Å². The molecule has 1 fully saturated rings. The zero-order valence-corrected chi connectivity index (χ0v) is 18.3. The van der Waals surface area contributed by atoms with Gasteiger partial charge < -0.3 is 23.9 Å². The number of nitrogens with one attached hydrogen (secondary N) is 3.